The molecule has 0 radical (unpaired) electrons. The Labute approximate surface area is 160 Å². The molecule has 0 amide bonds. The number of guanidine groups is 1. The monoisotopic (exact) mass is 368 g/mol. The number of nitrogens with zero attached hydrogens (tertiary/aromatic N) is 4. The van der Waals surface area contributed by atoms with E-state index in [-0.39, 0.29) is 0 Å². The van der Waals surface area contributed by atoms with Crippen molar-refractivity contribution in [2.24, 2.45) is 10.9 Å². The van der Waals surface area contributed by atoms with Crippen LogP contribution in [0.1, 0.15) is 20.8 Å². The summed E-state index contributed by atoms with van der Waals surface area (Å²) in [6.45, 7) is 16.4. The summed E-state index contributed by atoms with van der Waals surface area (Å²) in [7, 11) is 4.42. The molecule has 2 aliphatic heterocycles. The van der Waals surface area contributed by atoms with Gasteiger partial charge < -0.3 is 20.3 Å². The van der Waals surface area contributed by atoms with E-state index in [1.165, 1.54) is 0 Å². The van der Waals surface area contributed by atoms with Gasteiger partial charge in [-0.3, -0.25) is 14.8 Å². The second-order valence-corrected chi connectivity index (χ2v) is 7.96. The highest BCUT2D eigenvalue weighted by Crippen LogP contribution is 2.13. The zero-order valence-corrected chi connectivity index (χ0v) is 17.5. The van der Waals surface area contributed by atoms with Crippen molar-refractivity contribution in [3.63, 3.8) is 0 Å². The Morgan fingerprint density at radius 3 is 2.50 bits per heavy atom. The largest absolute Gasteiger partial charge is 0.379 e. The molecule has 2 unspecified atom stereocenters. The number of rotatable bonds is 7. The van der Waals surface area contributed by atoms with Gasteiger partial charge in [0.15, 0.2) is 5.96 Å². The van der Waals surface area contributed by atoms with Gasteiger partial charge in [-0.05, 0) is 26.9 Å². The first-order valence-corrected chi connectivity index (χ1v) is 10.2. The number of morpholine rings is 1. The SMILES string of the molecule is CCNC(=NCC(C(C)C)N1CCOCC1)NCC1CN(C)CCN1C. The first-order chi connectivity index (χ1) is 12.5. The molecule has 0 aromatic carbocycles. The number of likely N-dealkylation sites (N-methyl/N-ethyl adjacent to an activating group) is 2. The second kappa shape index (κ2) is 11.1. The number of aliphatic imine (C=N–C) groups is 1. The normalized spacial score (nSPS) is 25.5. The van der Waals surface area contributed by atoms with E-state index >= 15 is 0 Å². The molecule has 2 atom stereocenters. The van der Waals surface area contributed by atoms with Crippen molar-refractivity contribution in [1.29, 1.82) is 0 Å². The maximum absolute atomic E-state index is 5.51. The Morgan fingerprint density at radius 1 is 1.12 bits per heavy atom. The lowest BCUT2D eigenvalue weighted by Gasteiger charge is -2.38. The van der Waals surface area contributed by atoms with Crippen LogP contribution in [0.5, 0.6) is 0 Å². The van der Waals surface area contributed by atoms with Crippen molar-refractivity contribution in [3.05, 3.63) is 0 Å². The predicted octanol–water partition coefficient (Wildman–Crippen LogP) is 0.144. The Morgan fingerprint density at radius 2 is 1.85 bits per heavy atom. The number of ether oxygens (including phenoxy) is 1. The minimum absolute atomic E-state index is 0.470. The van der Waals surface area contributed by atoms with E-state index in [1.54, 1.807) is 0 Å². The van der Waals surface area contributed by atoms with Gasteiger partial charge in [-0.15, -0.1) is 0 Å². The Balaban J connectivity index is 1.91. The van der Waals surface area contributed by atoms with Crippen LogP contribution in [0.4, 0.5) is 0 Å². The number of hydrogen-bond donors (Lipinski definition) is 2. The molecule has 2 saturated heterocycles. The average Bonchev–Trinajstić information content (AvgIpc) is 2.63. The van der Waals surface area contributed by atoms with E-state index < -0.39 is 0 Å². The Kier molecular flexibility index (Phi) is 9.11. The van der Waals surface area contributed by atoms with E-state index in [2.05, 4.69) is 60.2 Å². The predicted molar refractivity (Wildman–Crippen MR) is 109 cm³/mol. The van der Waals surface area contributed by atoms with Crippen LogP contribution in [0.3, 0.4) is 0 Å². The zero-order chi connectivity index (χ0) is 18.9. The smallest absolute Gasteiger partial charge is 0.191 e. The van der Waals surface area contributed by atoms with E-state index in [4.69, 9.17) is 9.73 Å². The maximum atomic E-state index is 5.51. The lowest BCUT2D eigenvalue weighted by Crippen LogP contribution is -2.55. The van der Waals surface area contributed by atoms with Crippen molar-refractivity contribution in [1.82, 2.24) is 25.3 Å². The van der Waals surface area contributed by atoms with Crippen LogP contribution in [0.15, 0.2) is 4.99 Å². The molecule has 0 bridgehead atoms. The van der Waals surface area contributed by atoms with Gasteiger partial charge in [0, 0.05) is 57.9 Å². The van der Waals surface area contributed by atoms with Crippen LogP contribution in [0.2, 0.25) is 0 Å². The quantitative estimate of drug-likeness (QED) is 0.493. The molecule has 0 aromatic rings. The zero-order valence-electron chi connectivity index (χ0n) is 17.5. The minimum atomic E-state index is 0.470. The summed E-state index contributed by atoms with van der Waals surface area (Å²) < 4.78 is 5.51. The van der Waals surface area contributed by atoms with Crippen molar-refractivity contribution < 1.29 is 4.74 Å². The highest BCUT2D eigenvalue weighted by Gasteiger charge is 2.24. The molecule has 152 valence electrons. The summed E-state index contributed by atoms with van der Waals surface area (Å²) >= 11 is 0. The molecule has 0 saturated carbocycles. The first kappa shape index (κ1) is 21.4. The summed E-state index contributed by atoms with van der Waals surface area (Å²) in [5.74, 6) is 1.52. The fraction of sp³-hybridized carbons (Fsp3) is 0.947. The molecule has 2 rings (SSSR count). The van der Waals surface area contributed by atoms with Gasteiger partial charge in [0.2, 0.25) is 0 Å². The van der Waals surface area contributed by atoms with Crippen molar-refractivity contribution in [3.8, 4) is 0 Å². The summed E-state index contributed by atoms with van der Waals surface area (Å²) in [6.07, 6.45) is 0. The number of nitrogens with one attached hydrogen (secondary N) is 2. The maximum Gasteiger partial charge on any atom is 0.191 e. The summed E-state index contributed by atoms with van der Waals surface area (Å²) in [6, 6.07) is 0.996. The van der Waals surface area contributed by atoms with Crippen LogP contribution in [0, 0.1) is 5.92 Å². The Hall–Kier alpha value is -0.890. The van der Waals surface area contributed by atoms with Crippen LogP contribution >= 0.6 is 0 Å². The van der Waals surface area contributed by atoms with E-state index in [9.17, 15) is 0 Å². The van der Waals surface area contributed by atoms with Gasteiger partial charge in [-0.2, -0.15) is 0 Å². The second-order valence-electron chi connectivity index (χ2n) is 7.96. The third kappa shape index (κ3) is 6.68. The lowest BCUT2D eigenvalue weighted by molar-refractivity contribution is 0.00867. The van der Waals surface area contributed by atoms with Gasteiger partial charge in [-0.1, -0.05) is 13.8 Å². The van der Waals surface area contributed by atoms with Crippen LogP contribution in [-0.2, 0) is 4.74 Å². The van der Waals surface area contributed by atoms with Crippen LogP contribution in [0.25, 0.3) is 0 Å². The molecule has 2 aliphatic rings. The van der Waals surface area contributed by atoms with Gasteiger partial charge in [0.1, 0.15) is 0 Å². The van der Waals surface area contributed by atoms with Crippen LogP contribution in [-0.4, -0.2) is 112 Å². The fourth-order valence-electron chi connectivity index (χ4n) is 3.72. The van der Waals surface area contributed by atoms with Crippen molar-refractivity contribution >= 4 is 5.96 Å². The van der Waals surface area contributed by atoms with Gasteiger partial charge in [-0.25, -0.2) is 0 Å². The topological polar surface area (TPSA) is 55.4 Å². The van der Waals surface area contributed by atoms with Crippen LogP contribution < -0.4 is 10.6 Å². The molecular weight excluding hydrogens is 328 g/mol. The van der Waals surface area contributed by atoms with Gasteiger partial charge in [0.05, 0.1) is 19.8 Å². The molecule has 0 aliphatic carbocycles. The fourth-order valence-corrected chi connectivity index (χ4v) is 3.72. The van der Waals surface area contributed by atoms with E-state index in [1.807, 2.05) is 0 Å². The molecular formula is C19H40N6O. The molecule has 2 heterocycles. The van der Waals surface area contributed by atoms with Crippen molar-refractivity contribution in [2.75, 3.05) is 79.7 Å². The highest BCUT2D eigenvalue weighted by atomic mass is 16.5. The summed E-state index contributed by atoms with van der Waals surface area (Å²) in [5, 5.41) is 6.97. The lowest BCUT2D eigenvalue weighted by atomic mass is 10.0. The molecule has 2 fully saturated rings. The number of hydrogen-bond acceptors (Lipinski definition) is 5. The van der Waals surface area contributed by atoms with Crippen molar-refractivity contribution in [2.45, 2.75) is 32.9 Å². The summed E-state index contributed by atoms with van der Waals surface area (Å²) in [4.78, 5) is 12.3. The number of piperazine rings is 1. The molecule has 2 N–H and O–H groups in total. The average molecular weight is 369 g/mol. The minimum Gasteiger partial charge on any atom is -0.379 e. The van der Waals surface area contributed by atoms with Gasteiger partial charge >= 0.3 is 0 Å². The molecule has 7 nitrogen and oxygen atoms in total. The molecule has 0 aromatic heterocycles. The van der Waals surface area contributed by atoms with Gasteiger partial charge in [0.25, 0.3) is 0 Å². The Bertz CT molecular complexity index is 424. The third-order valence-corrected chi connectivity index (χ3v) is 5.55. The highest BCUT2D eigenvalue weighted by molar-refractivity contribution is 5.79. The van der Waals surface area contributed by atoms with E-state index in [0.29, 0.717) is 18.0 Å². The first-order valence-electron chi connectivity index (χ1n) is 10.2. The molecule has 7 heteroatoms. The summed E-state index contributed by atoms with van der Waals surface area (Å²) in [5.41, 5.74) is 0. The standard InChI is InChI=1S/C19H40N6O/c1-6-20-19(21-13-17-15-23(4)7-8-24(17)5)22-14-18(16(2)3)25-9-11-26-12-10-25/h16-18H,6-15H2,1-5H3,(H2,20,21,22). The van der Waals surface area contributed by atoms with E-state index in [0.717, 1.165) is 71.5 Å². The molecule has 0 spiro atoms. The third-order valence-electron chi connectivity index (χ3n) is 5.55. The molecule has 26 heavy (non-hydrogen) atoms.